The molecule has 3 rings (SSSR count). The van der Waals surface area contributed by atoms with Crippen molar-refractivity contribution in [3.8, 4) is 0 Å². The van der Waals surface area contributed by atoms with E-state index in [-0.39, 0.29) is 29.0 Å². The van der Waals surface area contributed by atoms with Gasteiger partial charge in [0.2, 0.25) is 11.8 Å². The summed E-state index contributed by atoms with van der Waals surface area (Å²) in [6.07, 6.45) is 5.03. The molecule has 1 aromatic heterocycles. The zero-order chi connectivity index (χ0) is 20.5. The van der Waals surface area contributed by atoms with Crippen LogP contribution >= 0.6 is 0 Å². The van der Waals surface area contributed by atoms with E-state index in [0.717, 1.165) is 31.7 Å². The van der Waals surface area contributed by atoms with E-state index < -0.39 is 34.2 Å². The number of primary sulfonamides is 1. The third kappa shape index (κ3) is 5.05. The molecule has 1 aromatic rings. The van der Waals surface area contributed by atoms with Gasteiger partial charge in [-0.2, -0.15) is 0 Å². The molecule has 156 valence electrons. The third-order valence-corrected chi connectivity index (χ3v) is 6.90. The molecule has 0 spiro atoms. The third-order valence-electron chi connectivity index (χ3n) is 6.09. The van der Waals surface area contributed by atoms with Crippen molar-refractivity contribution in [3.63, 3.8) is 0 Å². The normalized spacial score (nSPS) is 30.6. The van der Waals surface area contributed by atoms with Gasteiger partial charge in [0.05, 0.1) is 0 Å². The molecule has 0 aliphatic heterocycles. The number of pyridine rings is 1. The highest BCUT2D eigenvalue weighted by Gasteiger charge is 2.47. The Bertz CT molecular complexity index is 831. The number of halogens is 2. The van der Waals surface area contributed by atoms with Crippen LogP contribution in [0.3, 0.4) is 0 Å². The van der Waals surface area contributed by atoms with Crippen LogP contribution in [0.2, 0.25) is 0 Å². The van der Waals surface area contributed by atoms with Gasteiger partial charge in [-0.1, -0.05) is 26.2 Å². The van der Waals surface area contributed by atoms with Gasteiger partial charge < -0.3 is 5.32 Å². The summed E-state index contributed by atoms with van der Waals surface area (Å²) in [6.45, 7) is 2.17. The van der Waals surface area contributed by atoms with E-state index in [0.29, 0.717) is 12.3 Å². The number of amides is 1. The average Bonchev–Trinajstić information content (AvgIpc) is 2.60. The SMILES string of the molecule is CC1CCC[C@H](C2CCC(F)(F)CC2C(=O)Nc2ccnc(S(N)(=O)=O)c2)C1. The quantitative estimate of drug-likeness (QED) is 0.785. The fraction of sp³-hybridized carbons (Fsp3) is 0.684. The fourth-order valence-corrected chi connectivity index (χ4v) is 5.25. The van der Waals surface area contributed by atoms with Crippen LogP contribution in [0, 0.1) is 23.7 Å². The molecule has 2 aliphatic rings. The summed E-state index contributed by atoms with van der Waals surface area (Å²) in [4.78, 5) is 16.6. The lowest BCUT2D eigenvalue weighted by atomic mass is 9.65. The number of anilines is 1. The van der Waals surface area contributed by atoms with E-state index in [9.17, 15) is 22.0 Å². The monoisotopic (exact) mass is 415 g/mol. The number of aromatic nitrogens is 1. The number of sulfonamides is 1. The molecule has 1 heterocycles. The highest BCUT2D eigenvalue weighted by atomic mass is 32.2. The smallest absolute Gasteiger partial charge is 0.255 e. The van der Waals surface area contributed by atoms with Crippen LogP contribution in [-0.4, -0.2) is 25.2 Å². The first kappa shape index (κ1) is 21.1. The van der Waals surface area contributed by atoms with Crippen molar-refractivity contribution in [2.75, 3.05) is 5.32 Å². The minimum Gasteiger partial charge on any atom is -0.326 e. The van der Waals surface area contributed by atoms with Crippen molar-refractivity contribution in [1.29, 1.82) is 0 Å². The minimum atomic E-state index is -4.02. The molecule has 4 atom stereocenters. The van der Waals surface area contributed by atoms with E-state index in [1.807, 2.05) is 0 Å². The van der Waals surface area contributed by atoms with Gasteiger partial charge in [-0.25, -0.2) is 27.3 Å². The summed E-state index contributed by atoms with van der Waals surface area (Å²) in [6, 6.07) is 2.57. The molecule has 2 saturated carbocycles. The summed E-state index contributed by atoms with van der Waals surface area (Å²) in [5.41, 5.74) is 0.189. The molecule has 3 N–H and O–H groups in total. The summed E-state index contributed by atoms with van der Waals surface area (Å²) in [5.74, 6) is -3.42. The fourth-order valence-electron chi connectivity index (χ4n) is 4.75. The van der Waals surface area contributed by atoms with Gasteiger partial charge >= 0.3 is 0 Å². The largest absolute Gasteiger partial charge is 0.326 e. The number of nitrogens with one attached hydrogen (secondary N) is 1. The maximum Gasteiger partial charge on any atom is 0.255 e. The van der Waals surface area contributed by atoms with E-state index in [2.05, 4.69) is 17.2 Å². The number of hydrogen-bond donors (Lipinski definition) is 2. The lowest BCUT2D eigenvalue weighted by Gasteiger charge is -2.42. The predicted octanol–water partition coefficient (Wildman–Crippen LogP) is 3.55. The van der Waals surface area contributed by atoms with Gasteiger partial charge in [-0.05, 0) is 36.7 Å². The number of carbonyl (C=O) groups is 1. The molecule has 0 bridgehead atoms. The second-order valence-corrected chi connectivity index (χ2v) is 9.83. The average molecular weight is 416 g/mol. The minimum absolute atomic E-state index is 0.0816. The number of rotatable bonds is 4. The van der Waals surface area contributed by atoms with Gasteiger partial charge in [0.25, 0.3) is 10.0 Å². The zero-order valence-electron chi connectivity index (χ0n) is 15.9. The molecule has 9 heteroatoms. The molecular formula is C19H27F2N3O3S. The highest BCUT2D eigenvalue weighted by molar-refractivity contribution is 7.89. The molecule has 0 aromatic carbocycles. The first-order chi connectivity index (χ1) is 13.0. The second kappa shape index (κ2) is 8.02. The lowest BCUT2D eigenvalue weighted by molar-refractivity contribution is -0.134. The van der Waals surface area contributed by atoms with Crippen LogP contribution in [0.5, 0.6) is 0 Å². The molecule has 0 saturated heterocycles. The number of hydrogen-bond acceptors (Lipinski definition) is 4. The molecular weight excluding hydrogens is 388 g/mol. The van der Waals surface area contributed by atoms with Crippen molar-refractivity contribution in [1.82, 2.24) is 4.98 Å². The van der Waals surface area contributed by atoms with Crippen LogP contribution in [0.1, 0.15) is 51.9 Å². The summed E-state index contributed by atoms with van der Waals surface area (Å²) < 4.78 is 51.1. The number of nitrogens with zero attached hydrogens (tertiary/aromatic N) is 1. The Morgan fingerprint density at radius 3 is 2.75 bits per heavy atom. The summed E-state index contributed by atoms with van der Waals surface area (Å²) in [7, 11) is -4.02. The Morgan fingerprint density at radius 1 is 1.32 bits per heavy atom. The van der Waals surface area contributed by atoms with Gasteiger partial charge in [-0.3, -0.25) is 4.79 Å². The Morgan fingerprint density at radius 2 is 2.07 bits per heavy atom. The number of carbonyl (C=O) groups excluding carboxylic acids is 1. The maximum absolute atomic E-state index is 14.1. The topological polar surface area (TPSA) is 102 Å². The molecule has 2 aliphatic carbocycles. The van der Waals surface area contributed by atoms with Crippen LogP contribution < -0.4 is 10.5 Å². The summed E-state index contributed by atoms with van der Waals surface area (Å²) >= 11 is 0. The lowest BCUT2D eigenvalue weighted by Crippen LogP contribution is -2.43. The van der Waals surface area contributed by atoms with Gasteiger partial charge in [0.15, 0.2) is 5.03 Å². The molecule has 0 radical (unpaired) electrons. The number of alkyl halides is 2. The van der Waals surface area contributed by atoms with Gasteiger partial charge in [0, 0.05) is 36.7 Å². The van der Waals surface area contributed by atoms with Crippen molar-refractivity contribution in [2.24, 2.45) is 28.8 Å². The summed E-state index contributed by atoms with van der Waals surface area (Å²) in [5, 5.41) is 7.30. The Hall–Kier alpha value is -1.61. The Balaban J connectivity index is 1.79. The van der Waals surface area contributed by atoms with Gasteiger partial charge in [0.1, 0.15) is 0 Å². The van der Waals surface area contributed by atoms with Crippen molar-refractivity contribution in [3.05, 3.63) is 18.3 Å². The molecule has 1 amide bonds. The van der Waals surface area contributed by atoms with E-state index in [4.69, 9.17) is 5.14 Å². The van der Waals surface area contributed by atoms with E-state index >= 15 is 0 Å². The van der Waals surface area contributed by atoms with E-state index in [1.54, 1.807) is 0 Å². The van der Waals surface area contributed by atoms with Crippen LogP contribution in [-0.2, 0) is 14.8 Å². The van der Waals surface area contributed by atoms with Crippen LogP contribution in [0.15, 0.2) is 23.4 Å². The molecule has 2 fully saturated rings. The molecule has 28 heavy (non-hydrogen) atoms. The zero-order valence-corrected chi connectivity index (χ0v) is 16.7. The Kier molecular flexibility index (Phi) is 6.05. The Labute approximate surface area is 164 Å². The highest BCUT2D eigenvalue weighted by Crippen LogP contribution is 2.47. The molecule has 6 nitrogen and oxygen atoms in total. The van der Waals surface area contributed by atoms with Crippen LogP contribution in [0.25, 0.3) is 0 Å². The first-order valence-corrected chi connectivity index (χ1v) is 11.3. The first-order valence-electron chi connectivity index (χ1n) is 9.73. The van der Waals surface area contributed by atoms with Gasteiger partial charge in [-0.15, -0.1) is 0 Å². The maximum atomic E-state index is 14.1. The van der Waals surface area contributed by atoms with Crippen molar-refractivity contribution < 1.29 is 22.0 Å². The second-order valence-electron chi connectivity index (χ2n) is 8.32. The van der Waals surface area contributed by atoms with Crippen molar-refractivity contribution >= 4 is 21.6 Å². The predicted molar refractivity (Wildman–Crippen MR) is 101 cm³/mol. The molecule has 3 unspecified atom stereocenters. The standard InChI is InChI=1S/C19H27F2N3O3S/c1-12-3-2-4-13(9-12)15-5-7-19(20,21)11-16(15)18(25)24-14-6-8-23-17(10-14)28(22,26)27/h6,8,10,12-13,15-16H,2-5,7,9,11H2,1H3,(H2,22,26,27)(H,23,24,25)/t12?,13-,15?,16?/m0/s1. The van der Waals surface area contributed by atoms with Crippen LogP contribution in [0.4, 0.5) is 14.5 Å². The number of nitrogens with two attached hydrogens (primary N) is 1. The van der Waals surface area contributed by atoms with Crippen molar-refractivity contribution in [2.45, 2.75) is 62.8 Å². The van der Waals surface area contributed by atoms with E-state index in [1.165, 1.54) is 12.3 Å².